The molecule has 4 rings (SSSR count). The molecule has 1 aliphatic rings. The van der Waals surface area contributed by atoms with E-state index in [1.165, 1.54) is 11.3 Å². The maximum absolute atomic E-state index is 12.6. The molecule has 2 heterocycles. The molecule has 29 heavy (non-hydrogen) atoms. The number of sulfonamides is 1. The number of hydrogen-bond acceptors (Lipinski definition) is 6. The number of hydrogen-bond donors (Lipinski definition) is 2. The first-order chi connectivity index (χ1) is 13.7. The Kier molecular flexibility index (Phi) is 4.79. The number of thiazole rings is 1. The number of nitrogens with one attached hydrogen (secondary N) is 2. The zero-order chi connectivity index (χ0) is 20.8. The fourth-order valence-corrected chi connectivity index (χ4v) is 5.03. The number of carbonyl (C=O) groups is 1. The molecule has 9 heteroatoms. The van der Waals surface area contributed by atoms with Gasteiger partial charge < -0.3 is 10.1 Å². The van der Waals surface area contributed by atoms with Crippen molar-refractivity contribution in [3.05, 3.63) is 52.9 Å². The van der Waals surface area contributed by atoms with Crippen LogP contribution in [0, 0.1) is 13.8 Å². The van der Waals surface area contributed by atoms with Crippen molar-refractivity contribution < 1.29 is 17.9 Å². The van der Waals surface area contributed by atoms with E-state index >= 15 is 0 Å². The third-order valence-corrected chi connectivity index (χ3v) is 6.90. The average Bonchev–Trinajstić information content (AvgIpc) is 3.02. The predicted molar refractivity (Wildman–Crippen MR) is 113 cm³/mol. The quantitative estimate of drug-likeness (QED) is 0.655. The molecule has 1 atom stereocenters. The van der Waals surface area contributed by atoms with E-state index in [0.29, 0.717) is 17.1 Å². The maximum atomic E-state index is 12.6. The highest BCUT2D eigenvalue weighted by Crippen LogP contribution is 2.37. The van der Waals surface area contributed by atoms with Crippen LogP contribution in [-0.4, -0.2) is 25.4 Å². The summed E-state index contributed by atoms with van der Waals surface area (Å²) in [5, 5.41) is 3.09. The van der Waals surface area contributed by atoms with Crippen LogP contribution in [0.2, 0.25) is 0 Å². The van der Waals surface area contributed by atoms with Crippen LogP contribution in [0.5, 0.6) is 5.75 Å². The van der Waals surface area contributed by atoms with Crippen molar-refractivity contribution in [1.29, 1.82) is 0 Å². The molecule has 0 spiro atoms. The zero-order valence-electron chi connectivity index (χ0n) is 16.0. The van der Waals surface area contributed by atoms with Crippen LogP contribution < -0.4 is 14.8 Å². The van der Waals surface area contributed by atoms with Crippen LogP contribution >= 0.6 is 11.3 Å². The Hall–Kier alpha value is -2.91. The minimum absolute atomic E-state index is 0.181. The molecular formula is C20H19N3O4S2. The standard InChI is InChI=1S/C20H19N3O4S2/c1-11-4-7-15(8-5-11)29(25,26)23-20-22-18(13(3)28-20)14-6-9-17-16(10-14)21-19(24)12(2)27-17/h4-10,12H,1-3H3,(H,21,24)(H,22,23)/t12-/m0/s1. The molecule has 0 bridgehead atoms. The van der Waals surface area contributed by atoms with E-state index in [2.05, 4.69) is 15.0 Å². The Morgan fingerprint density at radius 2 is 1.86 bits per heavy atom. The highest BCUT2D eigenvalue weighted by molar-refractivity contribution is 7.93. The number of rotatable bonds is 4. The summed E-state index contributed by atoms with van der Waals surface area (Å²) in [6.07, 6.45) is -0.544. The van der Waals surface area contributed by atoms with Crippen molar-refractivity contribution in [2.24, 2.45) is 0 Å². The number of nitrogens with zero attached hydrogens (tertiary/aromatic N) is 1. The summed E-state index contributed by atoms with van der Waals surface area (Å²) in [7, 11) is -3.72. The molecular weight excluding hydrogens is 410 g/mol. The zero-order valence-corrected chi connectivity index (χ0v) is 17.6. The van der Waals surface area contributed by atoms with E-state index in [-0.39, 0.29) is 15.9 Å². The molecule has 1 amide bonds. The van der Waals surface area contributed by atoms with Crippen LogP contribution in [0.3, 0.4) is 0 Å². The van der Waals surface area contributed by atoms with Gasteiger partial charge in [0.25, 0.3) is 15.9 Å². The monoisotopic (exact) mass is 429 g/mol. The third-order valence-electron chi connectivity index (χ3n) is 4.53. The Morgan fingerprint density at radius 1 is 1.14 bits per heavy atom. The predicted octanol–water partition coefficient (Wildman–Crippen LogP) is 3.95. The van der Waals surface area contributed by atoms with Gasteiger partial charge in [-0.1, -0.05) is 17.7 Å². The van der Waals surface area contributed by atoms with Crippen molar-refractivity contribution >= 4 is 38.1 Å². The van der Waals surface area contributed by atoms with Crippen LogP contribution in [0.1, 0.15) is 17.4 Å². The highest BCUT2D eigenvalue weighted by Gasteiger charge is 2.24. The number of amides is 1. The Labute approximate surface area is 172 Å². The number of aryl methyl sites for hydroxylation is 2. The van der Waals surface area contributed by atoms with Crippen molar-refractivity contribution in [3.63, 3.8) is 0 Å². The van der Waals surface area contributed by atoms with Gasteiger partial charge in [-0.05, 0) is 51.1 Å². The molecule has 7 nitrogen and oxygen atoms in total. The maximum Gasteiger partial charge on any atom is 0.265 e. The second kappa shape index (κ2) is 7.16. The number of benzene rings is 2. The first-order valence-corrected chi connectivity index (χ1v) is 11.2. The molecule has 3 aromatic rings. The minimum atomic E-state index is -3.72. The SMILES string of the molecule is Cc1ccc(S(=O)(=O)Nc2nc(-c3ccc4c(c3)NC(=O)[C@H](C)O4)c(C)s2)cc1. The van der Waals surface area contributed by atoms with Gasteiger partial charge in [0.2, 0.25) is 0 Å². The van der Waals surface area contributed by atoms with Crippen LogP contribution in [0.25, 0.3) is 11.3 Å². The van der Waals surface area contributed by atoms with E-state index < -0.39 is 16.1 Å². The summed E-state index contributed by atoms with van der Waals surface area (Å²) < 4.78 is 33.4. The van der Waals surface area contributed by atoms with Gasteiger partial charge in [-0.3, -0.25) is 9.52 Å². The van der Waals surface area contributed by atoms with Crippen LogP contribution in [0.15, 0.2) is 47.4 Å². The summed E-state index contributed by atoms with van der Waals surface area (Å²) in [6.45, 7) is 5.45. The Balaban J connectivity index is 1.63. The molecule has 150 valence electrons. The van der Waals surface area contributed by atoms with E-state index in [4.69, 9.17) is 4.74 Å². The second-order valence-corrected chi connectivity index (χ2v) is 9.69. The summed E-state index contributed by atoms with van der Waals surface area (Å²) in [5.41, 5.74) is 2.96. The Bertz CT molecular complexity index is 1200. The number of aromatic nitrogens is 1. The van der Waals surface area contributed by atoms with Gasteiger partial charge in [0.1, 0.15) is 5.75 Å². The van der Waals surface area contributed by atoms with Crippen LogP contribution in [-0.2, 0) is 14.8 Å². The van der Waals surface area contributed by atoms with Gasteiger partial charge in [-0.25, -0.2) is 13.4 Å². The summed E-state index contributed by atoms with van der Waals surface area (Å²) >= 11 is 1.25. The molecule has 0 radical (unpaired) electrons. The number of carbonyl (C=O) groups excluding carboxylic acids is 1. The molecule has 0 saturated carbocycles. The first-order valence-electron chi connectivity index (χ1n) is 8.92. The van der Waals surface area contributed by atoms with E-state index in [1.54, 1.807) is 43.3 Å². The topological polar surface area (TPSA) is 97.4 Å². The molecule has 2 aromatic carbocycles. The molecule has 2 N–H and O–H groups in total. The highest BCUT2D eigenvalue weighted by atomic mass is 32.2. The minimum Gasteiger partial charge on any atom is -0.479 e. The van der Waals surface area contributed by atoms with Crippen molar-refractivity contribution in [2.45, 2.75) is 31.8 Å². The van der Waals surface area contributed by atoms with E-state index in [1.807, 2.05) is 19.9 Å². The van der Waals surface area contributed by atoms with Gasteiger partial charge in [0.15, 0.2) is 11.2 Å². The fraction of sp³-hybridized carbons (Fsp3) is 0.200. The molecule has 0 fully saturated rings. The van der Waals surface area contributed by atoms with Gasteiger partial charge in [-0.15, -0.1) is 11.3 Å². The van der Waals surface area contributed by atoms with E-state index in [9.17, 15) is 13.2 Å². The molecule has 0 saturated heterocycles. The lowest BCUT2D eigenvalue weighted by molar-refractivity contribution is -0.122. The largest absolute Gasteiger partial charge is 0.479 e. The molecule has 0 aliphatic carbocycles. The number of ether oxygens (including phenoxy) is 1. The fourth-order valence-electron chi connectivity index (χ4n) is 2.96. The van der Waals surface area contributed by atoms with Crippen LogP contribution in [0.4, 0.5) is 10.8 Å². The van der Waals surface area contributed by atoms with Crippen molar-refractivity contribution in [1.82, 2.24) is 4.98 Å². The van der Waals surface area contributed by atoms with E-state index in [0.717, 1.165) is 16.0 Å². The summed E-state index contributed by atoms with van der Waals surface area (Å²) in [5.74, 6) is 0.380. The Morgan fingerprint density at radius 3 is 2.59 bits per heavy atom. The number of fused-ring (bicyclic) bond motifs is 1. The first kappa shape index (κ1) is 19.4. The van der Waals surface area contributed by atoms with Gasteiger partial charge in [0, 0.05) is 10.4 Å². The lowest BCUT2D eigenvalue weighted by atomic mass is 10.1. The summed E-state index contributed by atoms with van der Waals surface area (Å²) in [4.78, 5) is 17.4. The molecule has 0 unspecified atom stereocenters. The van der Waals surface area contributed by atoms with Gasteiger partial charge in [-0.2, -0.15) is 0 Å². The van der Waals surface area contributed by atoms with Gasteiger partial charge >= 0.3 is 0 Å². The van der Waals surface area contributed by atoms with Crippen molar-refractivity contribution in [3.8, 4) is 17.0 Å². The average molecular weight is 430 g/mol. The van der Waals surface area contributed by atoms with Gasteiger partial charge in [0.05, 0.1) is 16.3 Å². The third kappa shape index (κ3) is 3.83. The normalized spacial score (nSPS) is 16.0. The lowest BCUT2D eigenvalue weighted by Gasteiger charge is -2.23. The smallest absolute Gasteiger partial charge is 0.265 e. The van der Waals surface area contributed by atoms with Crippen molar-refractivity contribution in [2.75, 3.05) is 10.0 Å². The lowest BCUT2D eigenvalue weighted by Crippen LogP contribution is -2.34. The summed E-state index contributed by atoms with van der Waals surface area (Å²) in [6, 6.07) is 12.0. The number of anilines is 2. The second-order valence-electron chi connectivity index (χ2n) is 6.80. The molecule has 1 aliphatic heterocycles. The molecule has 1 aromatic heterocycles.